The summed E-state index contributed by atoms with van der Waals surface area (Å²) in [6, 6.07) is 15.9. The average Bonchev–Trinajstić information content (AvgIpc) is 2.76. The van der Waals surface area contributed by atoms with Gasteiger partial charge in [-0.15, -0.1) is 0 Å². The highest BCUT2D eigenvalue weighted by molar-refractivity contribution is 5.94. The van der Waals surface area contributed by atoms with Crippen LogP contribution in [0, 0.1) is 0 Å². The van der Waals surface area contributed by atoms with Crippen LogP contribution in [0.2, 0.25) is 0 Å². The quantitative estimate of drug-likeness (QED) is 0.336. The number of hydrogen-bond donors (Lipinski definition) is 3. The van der Waals surface area contributed by atoms with Crippen LogP contribution >= 0.6 is 0 Å². The topological polar surface area (TPSA) is 84.0 Å². The normalized spacial score (nSPS) is 15.9. The van der Waals surface area contributed by atoms with E-state index in [9.17, 15) is 4.79 Å². The number of carbonyl (C=O) groups is 1. The summed E-state index contributed by atoms with van der Waals surface area (Å²) >= 11 is 0. The Bertz CT molecular complexity index is 852. The Kier molecular flexibility index (Phi) is 8.09. The van der Waals surface area contributed by atoms with Crippen molar-refractivity contribution in [2.45, 2.75) is 25.8 Å². The number of ether oxygens (including phenoxy) is 2. The van der Waals surface area contributed by atoms with E-state index in [1.807, 2.05) is 49.4 Å². The molecule has 1 unspecified atom stereocenters. The van der Waals surface area contributed by atoms with Gasteiger partial charge in [0.1, 0.15) is 12.4 Å². The van der Waals surface area contributed by atoms with Crippen molar-refractivity contribution >= 4 is 17.6 Å². The first-order valence-electron chi connectivity index (χ1n) is 10.3. The van der Waals surface area contributed by atoms with Crippen molar-refractivity contribution in [1.29, 1.82) is 0 Å². The first-order chi connectivity index (χ1) is 14.7. The van der Waals surface area contributed by atoms with Crippen LogP contribution in [-0.2, 0) is 16.1 Å². The van der Waals surface area contributed by atoms with E-state index in [1.54, 1.807) is 7.11 Å². The molecule has 160 valence electrons. The van der Waals surface area contributed by atoms with Crippen molar-refractivity contribution in [2.24, 2.45) is 4.99 Å². The monoisotopic (exact) mass is 410 g/mol. The molecular weight excluding hydrogens is 380 g/mol. The molecule has 30 heavy (non-hydrogen) atoms. The summed E-state index contributed by atoms with van der Waals surface area (Å²) in [6.07, 6.45) is 0.466. The van der Waals surface area contributed by atoms with Crippen LogP contribution in [0.25, 0.3) is 0 Å². The number of rotatable bonds is 9. The Balaban J connectivity index is 1.58. The van der Waals surface area contributed by atoms with Gasteiger partial charge in [0.2, 0.25) is 5.91 Å². The molecule has 7 heteroatoms. The lowest BCUT2D eigenvalue weighted by Gasteiger charge is -2.26. The summed E-state index contributed by atoms with van der Waals surface area (Å²) in [7, 11) is 1.65. The number of carbonyl (C=O) groups excluding carboxylic acids is 1. The Morgan fingerprint density at radius 3 is 2.70 bits per heavy atom. The van der Waals surface area contributed by atoms with Crippen molar-refractivity contribution in [3.8, 4) is 5.75 Å². The van der Waals surface area contributed by atoms with Crippen LogP contribution in [0.3, 0.4) is 0 Å². The standard InChI is InChI=1S/C23H30N4O3/c1-3-24-23(25-15-17-8-10-19(11-9-17)30-13-12-29-2)26-16-18-14-22(28)27-21-7-5-4-6-20(18)21/h4-11,18H,3,12-16H2,1-2H3,(H,27,28)(H2,24,25,26). The number of hydrogen-bond acceptors (Lipinski definition) is 4. The maximum atomic E-state index is 12.0. The van der Waals surface area contributed by atoms with Crippen molar-refractivity contribution in [3.05, 3.63) is 59.7 Å². The third-order valence-corrected chi connectivity index (χ3v) is 4.87. The SMILES string of the molecule is CCNC(=NCc1ccc(OCCOC)cc1)NCC1CC(=O)Nc2ccccc21. The van der Waals surface area contributed by atoms with Gasteiger partial charge in [-0.05, 0) is 36.2 Å². The minimum atomic E-state index is 0.0512. The van der Waals surface area contributed by atoms with Crippen LogP contribution in [0.4, 0.5) is 5.69 Å². The fourth-order valence-corrected chi connectivity index (χ4v) is 3.35. The molecule has 3 N–H and O–H groups in total. The van der Waals surface area contributed by atoms with Gasteiger partial charge in [-0.3, -0.25) is 4.79 Å². The van der Waals surface area contributed by atoms with Crippen LogP contribution in [0.15, 0.2) is 53.5 Å². The van der Waals surface area contributed by atoms with Crippen LogP contribution < -0.4 is 20.7 Å². The molecule has 0 saturated heterocycles. The highest BCUT2D eigenvalue weighted by atomic mass is 16.5. The molecular formula is C23H30N4O3. The minimum Gasteiger partial charge on any atom is -0.491 e. The van der Waals surface area contributed by atoms with E-state index in [1.165, 1.54) is 0 Å². The lowest BCUT2D eigenvalue weighted by atomic mass is 9.90. The van der Waals surface area contributed by atoms with Gasteiger partial charge < -0.3 is 25.4 Å². The van der Waals surface area contributed by atoms with Crippen LogP contribution in [0.1, 0.15) is 30.4 Å². The fraction of sp³-hybridized carbons (Fsp3) is 0.391. The highest BCUT2D eigenvalue weighted by Gasteiger charge is 2.24. The Labute approximate surface area is 177 Å². The number of methoxy groups -OCH3 is 1. The molecule has 2 aromatic rings. The van der Waals surface area contributed by atoms with Crippen molar-refractivity contribution in [3.63, 3.8) is 0 Å². The van der Waals surface area contributed by atoms with Crippen molar-refractivity contribution < 1.29 is 14.3 Å². The van der Waals surface area contributed by atoms with Gasteiger partial charge in [-0.2, -0.15) is 0 Å². The lowest BCUT2D eigenvalue weighted by Crippen LogP contribution is -2.40. The molecule has 0 saturated carbocycles. The van der Waals surface area contributed by atoms with E-state index < -0.39 is 0 Å². The van der Waals surface area contributed by atoms with E-state index in [-0.39, 0.29) is 11.8 Å². The summed E-state index contributed by atoms with van der Waals surface area (Å²) < 4.78 is 10.6. The number of guanidine groups is 1. The molecule has 1 heterocycles. The van der Waals surface area contributed by atoms with E-state index in [0.29, 0.717) is 32.7 Å². The summed E-state index contributed by atoms with van der Waals surface area (Å²) in [5.74, 6) is 1.72. The largest absolute Gasteiger partial charge is 0.491 e. The second-order valence-electron chi connectivity index (χ2n) is 7.10. The third-order valence-electron chi connectivity index (χ3n) is 4.87. The first-order valence-corrected chi connectivity index (χ1v) is 10.3. The molecule has 0 fully saturated rings. The predicted molar refractivity (Wildman–Crippen MR) is 119 cm³/mol. The molecule has 0 radical (unpaired) electrons. The van der Waals surface area contributed by atoms with Crippen LogP contribution in [-0.4, -0.2) is 45.3 Å². The van der Waals surface area contributed by atoms with E-state index in [2.05, 4.69) is 27.0 Å². The smallest absolute Gasteiger partial charge is 0.225 e. The molecule has 2 aromatic carbocycles. The van der Waals surface area contributed by atoms with Gasteiger partial charge in [-0.1, -0.05) is 30.3 Å². The number of amides is 1. The molecule has 1 aliphatic heterocycles. The summed E-state index contributed by atoms with van der Waals surface area (Å²) in [5.41, 5.74) is 3.15. The maximum absolute atomic E-state index is 12.0. The maximum Gasteiger partial charge on any atom is 0.225 e. The molecule has 0 aliphatic carbocycles. The van der Waals surface area contributed by atoms with Crippen molar-refractivity contribution in [2.75, 3.05) is 38.7 Å². The lowest BCUT2D eigenvalue weighted by molar-refractivity contribution is -0.116. The Morgan fingerprint density at radius 1 is 1.13 bits per heavy atom. The number of aliphatic imine (C=N–C) groups is 1. The molecule has 0 aromatic heterocycles. The van der Waals surface area contributed by atoms with Crippen molar-refractivity contribution in [1.82, 2.24) is 10.6 Å². The first kappa shape index (κ1) is 21.6. The number of anilines is 1. The highest BCUT2D eigenvalue weighted by Crippen LogP contribution is 2.31. The number of nitrogens with one attached hydrogen (secondary N) is 3. The molecule has 0 spiro atoms. The molecule has 0 bridgehead atoms. The fourth-order valence-electron chi connectivity index (χ4n) is 3.35. The zero-order chi connectivity index (χ0) is 21.2. The molecule has 1 amide bonds. The Morgan fingerprint density at radius 2 is 1.93 bits per heavy atom. The van der Waals surface area contributed by atoms with E-state index >= 15 is 0 Å². The van der Waals surface area contributed by atoms with Gasteiger partial charge in [0.15, 0.2) is 5.96 Å². The number of nitrogens with zero attached hydrogens (tertiary/aromatic N) is 1. The van der Waals surface area contributed by atoms with Gasteiger partial charge in [0.05, 0.1) is 13.2 Å². The Hall–Kier alpha value is -3.06. The zero-order valence-electron chi connectivity index (χ0n) is 17.6. The number of fused-ring (bicyclic) bond motifs is 1. The van der Waals surface area contributed by atoms with E-state index in [4.69, 9.17) is 9.47 Å². The zero-order valence-corrected chi connectivity index (χ0v) is 17.6. The predicted octanol–water partition coefficient (Wildman–Crippen LogP) is 2.89. The number of benzene rings is 2. The molecule has 3 rings (SSSR count). The van der Waals surface area contributed by atoms with Gasteiger partial charge >= 0.3 is 0 Å². The van der Waals surface area contributed by atoms with Gasteiger partial charge in [-0.25, -0.2) is 4.99 Å². The second-order valence-corrected chi connectivity index (χ2v) is 7.10. The summed E-state index contributed by atoms with van der Waals surface area (Å²) in [4.78, 5) is 16.7. The third kappa shape index (κ3) is 6.22. The second kappa shape index (κ2) is 11.2. The van der Waals surface area contributed by atoms with Gasteiger partial charge in [0.25, 0.3) is 0 Å². The van der Waals surface area contributed by atoms with Crippen LogP contribution in [0.5, 0.6) is 5.75 Å². The molecule has 1 aliphatic rings. The number of para-hydroxylation sites is 1. The van der Waals surface area contributed by atoms with Gasteiger partial charge in [0, 0.05) is 38.2 Å². The average molecular weight is 411 g/mol. The van der Waals surface area contributed by atoms with E-state index in [0.717, 1.165) is 35.1 Å². The molecule has 1 atom stereocenters. The molecule has 7 nitrogen and oxygen atoms in total. The minimum absolute atomic E-state index is 0.0512. The summed E-state index contributed by atoms with van der Waals surface area (Å²) in [6.45, 7) is 5.09. The summed E-state index contributed by atoms with van der Waals surface area (Å²) in [5, 5.41) is 9.60.